The Hall–Kier alpha value is -2.10. The highest BCUT2D eigenvalue weighted by atomic mass is 16.2. The second-order valence-corrected chi connectivity index (χ2v) is 3.87. The van der Waals surface area contributed by atoms with Crippen molar-refractivity contribution in [2.45, 2.75) is 12.8 Å². The Kier molecular flexibility index (Phi) is 3.23. The van der Waals surface area contributed by atoms with Crippen LogP contribution in [-0.4, -0.2) is 18.4 Å². The Bertz CT molecular complexity index is 468. The highest BCUT2D eigenvalue weighted by Gasteiger charge is 2.25. The molecule has 0 aliphatic carbocycles. The average Bonchev–Trinajstić information content (AvgIpc) is 2.34. The zero-order chi connectivity index (χ0) is 12.3. The van der Waals surface area contributed by atoms with Crippen LogP contribution in [0.1, 0.15) is 12.8 Å². The predicted molar refractivity (Wildman–Crippen MR) is 66.9 cm³/mol. The summed E-state index contributed by atoms with van der Waals surface area (Å²) >= 11 is 0. The summed E-state index contributed by atoms with van der Waals surface area (Å²) in [6.45, 7) is 3.68. The third-order valence-corrected chi connectivity index (χ3v) is 2.63. The van der Waals surface area contributed by atoms with Crippen LogP contribution in [0, 0.1) is 0 Å². The largest absolute Gasteiger partial charge is 0.323 e. The lowest BCUT2D eigenvalue weighted by atomic mass is 10.1. The SMILES string of the molecule is C=CCCC(=O)N1CC(=O)Nc2ccccc21. The van der Waals surface area contributed by atoms with E-state index in [0.29, 0.717) is 18.5 Å². The van der Waals surface area contributed by atoms with Gasteiger partial charge < -0.3 is 10.2 Å². The Morgan fingerprint density at radius 3 is 3.00 bits per heavy atom. The van der Waals surface area contributed by atoms with Gasteiger partial charge in [0.1, 0.15) is 6.54 Å². The molecule has 88 valence electrons. The Labute approximate surface area is 99.9 Å². The van der Waals surface area contributed by atoms with Crippen molar-refractivity contribution in [2.24, 2.45) is 0 Å². The normalized spacial score (nSPS) is 13.9. The van der Waals surface area contributed by atoms with Gasteiger partial charge in [0, 0.05) is 6.42 Å². The van der Waals surface area contributed by atoms with Crippen molar-refractivity contribution in [3.63, 3.8) is 0 Å². The molecular weight excluding hydrogens is 216 g/mol. The number of allylic oxidation sites excluding steroid dienone is 1. The Balaban J connectivity index is 2.26. The maximum Gasteiger partial charge on any atom is 0.244 e. The predicted octanol–water partition coefficient (Wildman–Crippen LogP) is 1.94. The Morgan fingerprint density at radius 2 is 2.24 bits per heavy atom. The van der Waals surface area contributed by atoms with Crippen molar-refractivity contribution in [2.75, 3.05) is 16.8 Å². The van der Waals surface area contributed by atoms with Gasteiger partial charge in [-0.3, -0.25) is 9.59 Å². The van der Waals surface area contributed by atoms with Gasteiger partial charge in [0.2, 0.25) is 11.8 Å². The molecule has 4 nitrogen and oxygen atoms in total. The third kappa shape index (κ3) is 2.36. The minimum absolute atomic E-state index is 0.0489. The first-order valence-corrected chi connectivity index (χ1v) is 5.52. The molecule has 1 aromatic rings. The van der Waals surface area contributed by atoms with Gasteiger partial charge in [0.05, 0.1) is 11.4 Å². The molecule has 4 heteroatoms. The van der Waals surface area contributed by atoms with E-state index in [1.807, 2.05) is 18.2 Å². The maximum atomic E-state index is 12.0. The first-order chi connectivity index (χ1) is 8.22. The number of nitrogens with zero attached hydrogens (tertiary/aromatic N) is 1. The summed E-state index contributed by atoms with van der Waals surface area (Å²) in [7, 11) is 0. The van der Waals surface area contributed by atoms with Crippen LogP contribution in [0.5, 0.6) is 0 Å². The van der Waals surface area contributed by atoms with Crippen molar-refractivity contribution in [3.05, 3.63) is 36.9 Å². The lowest BCUT2D eigenvalue weighted by Crippen LogP contribution is -2.42. The number of fused-ring (bicyclic) bond motifs is 1. The van der Waals surface area contributed by atoms with Crippen LogP contribution in [0.3, 0.4) is 0 Å². The molecule has 17 heavy (non-hydrogen) atoms. The minimum atomic E-state index is -0.157. The van der Waals surface area contributed by atoms with Crippen molar-refractivity contribution in [1.29, 1.82) is 0 Å². The van der Waals surface area contributed by atoms with E-state index in [9.17, 15) is 9.59 Å². The standard InChI is InChI=1S/C13H14N2O2/c1-2-3-8-13(17)15-9-12(16)14-10-6-4-5-7-11(10)15/h2,4-7H,1,3,8-9H2,(H,14,16). The molecule has 1 heterocycles. The number of carbonyl (C=O) groups is 2. The highest BCUT2D eigenvalue weighted by molar-refractivity contribution is 6.09. The molecule has 0 spiro atoms. The van der Waals surface area contributed by atoms with Crippen LogP contribution in [0.15, 0.2) is 36.9 Å². The highest BCUT2D eigenvalue weighted by Crippen LogP contribution is 2.29. The van der Waals surface area contributed by atoms with Crippen LogP contribution in [-0.2, 0) is 9.59 Å². The van der Waals surface area contributed by atoms with Gasteiger partial charge in [0.25, 0.3) is 0 Å². The molecule has 0 radical (unpaired) electrons. The van der Waals surface area contributed by atoms with Crippen LogP contribution in [0.25, 0.3) is 0 Å². The summed E-state index contributed by atoms with van der Waals surface area (Å²) in [5.41, 5.74) is 1.46. The van der Waals surface area contributed by atoms with Gasteiger partial charge in [-0.15, -0.1) is 6.58 Å². The van der Waals surface area contributed by atoms with E-state index >= 15 is 0 Å². The van der Waals surface area contributed by atoms with Crippen molar-refractivity contribution >= 4 is 23.2 Å². The lowest BCUT2D eigenvalue weighted by molar-refractivity contribution is -0.121. The molecule has 0 unspecified atom stereocenters. The molecule has 0 bridgehead atoms. The summed E-state index contributed by atoms with van der Waals surface area (Å²) < 4.78 is 0. The maximum absolute atomic E-state index is 12.0. The summed E-state index contributed by atoms with van der Waals surface area (Å²) in [6, 6.07) is 7.31. The second-order valence-electron chi connectivity index (χ2n) is 3.87. The van der Waals surface area contributed by atoms with E-state index in [2.05, 4.69) is 11.9 Å². The van der Waals surface area contributed by atoms with E-state index in [1.165, 1.54) is 4.90 Å². The Morgan fingerprint density at radius 1 is 1.47 bits per heavy atom. The topological polar surface area (TPSA) is 49.4 Å². The number of carbonyl (C=O) groups excluding carboxylic acids is 2. The third-order valence-electron chi connectivity index (χ3n) is 2.63. The van der Waals surface area contributed by atoms with Gasteiger partial charge in [-0.2, -0.15) is 0 Å². The molecule has 0 aromatic heterocycles. The van der Waals surface area contributed by atoms with Gasteiger partial charge in [-0.25, -0.2) is 0 Å². The number of benzene rings is 1. The van der Waals surface area contributed by atoms with Crippen LogP contribution >= 0.6 is 0 Å². The van der Waals surface area contributed by atoms with E-state index < -0.39 is 0 Å². The second kappa shape index (κ2) is 4.82. The number of amides is 2. The summed E-state index contributed by atoms with van der Waals surface area (Å²) in [4.78, 5) is 25.0. The smallest absolute Gasteiger partial charge is 0.244 e. The molecule has 0 fully saturated rings. The van der Waals surface area contributed by atoms with Gasteiger partial charge in [-0.1, -0.05) is 18.2 Å². The molecule has 1 aliphatic rings. The quantitative estimate of drug-likeness (QED) is 0.807. The number of nitrogens with one attached hydrogen (secondary N) is 1. The van der Waals surface area contributed by atoms with Gasteiger partial charge in [0.15, 0.2) is 0 Å². The number of rotatable bonds is 3. The van der Waals surface area contributed by atoms with E-state index in [1.54, 1.807) is 12.1 Å². The fraction of sp³-hybridized carbons (Fsp3) is 0.231. The van der Waals surface area contributed by atoms with E-state index in [4.69, 9.17) is 0 Å². The van der Waals surface area contributed by atoms with Crippen molar-refractivity contribution in [1.82, 2.24) is 0 Å². The molecule has 1 aromatic carbocycles. The number of para-hydroxylation sites is 2. The zero-order valence-electron chi connectivity index (χ0n) is 9.48. The van der Waals surface area contributed by atoms with E-state index in [-0.39, 0.29) is 18.4 Å². The zero-order valence-corrected chi connectivity index (χ0v) is 9.48. The van der Waals surface area contributed by atoms with Crippen LogP contribution in [0.4, 0.5) is 11.4 Å². The van der Waals surface area contributed by atoms with Crippen LogP contribution < -0.4 is 10.2 Å². The molecule has 2 rings (SSSR count). The fourth-order valence-electron chi connectivity index (χ4n) is 1.82. The van der Waals surface area contributed by atoms with Crippen molar-refractivity contribution < 1.29 is 9.59 Å². The first-order valence-electron chi connectivity index (χ1n) is 5.52. The molecule has 0 saturated heterocycles. The van der Waals surface area contributed by atoms with Crippen LogP contribution in [0.2, 0.25) is 0 Å². The molecule has 0 saturated carbocycles. The molecule has 1 aliphatic heterocycles. The molecule has 2 amide bonds. The van der Waals surface area contributed by atoms with Gasteiger partial charge >= 0.3 is 0 Å². The first kappa shape index (κ1) is 11.4. The summed E-state index contributed by atoms with van der Waals surface area (Å²) in [5, 5.41) is 2.75. The van der Waals surface area contributed by atoms with Crippen molar-refractivity contribution in [3.8, 4) is 0 Å². The number of hydrogen-bond acceptors (Lipinski definition) is 2. The number of hydrogen-bond donors (Lipinski definition) is 1. The molecular formula is C13H14N2O2. The molecule has 1 N–H and O–H groups in total. The monoisotopic (exact) mass is 230 g/mol. The number of anilines is 2. The van der Waals surface area contributed by atoms with E-state index in [0.717, 1.165) is 5.69 Å². The average molecular weight is 230 g/mol. The molecule has 0 atom stereocenters. The minimum Gasteiger partial charge on any atom is -0.323 e. The lowest BCUT2D eigenvalue weighted by Gasteiger charge is -2.29. The summed E-state index contributed by atoms with van der Waals surface area (Å²) in [5.74, 6) is -0.206. The fourth-order valence-corrected chi connectivity index (χ4v) is 1.82. The summed E-state index contributed by atoms with van der Waals surface area (Å²) in [6.07, 6.45) is 2.71. The van der Waals surface area contributed by atoms with Gasteiger partial charge in [-0.05, 0) is 18.6 Å².